The number of likely N-dealkylation sites (N-methyl/N-ethyl adjacent to an activating group) is 1. The third-order valence-electron chi connectivity index (χ3n) is 5.14. The van der Waals surface area contributed by atoms with Crippen molar-refractivity contribution in [3.63, 3.8) is 0 Å². The standard InChI is InChI=1S/C18H25N3O3/c1-3-21-16(22)6-9-20(13-18(21)7-10-24-11-8-18)17(23)15-5-4-14(2)19-12-15/h4-5,12H,3,6-11,13H2,1-2H3. The first-order valence-corrected chi connectivity index (χ1v) is 8.66. The smallest absolute Gasteiger partial charge is 0.255 e. The van der Waals surface area contributed by atoms with Gasteiger partial charge in [0, 0.05) is 51.2 Å². The van der Waals surface area contributed by atoms with Gasteiger partial charge in [-0.3, -0.25) is 14.6 Å². The topological polar surface area (TPSA) is 62.7 Å². The Kier molecular flexibility index (Phi) is 4.85. The minimum atomic E-state index is -0.297. The monoisotopic (exact) mass is 331 g/mol. The zero-order valence-electron chi connectivity index (χ0n) is 14.5. The average molecular weight is 331 g/mol. The quantitative estimate of drug-likeness (QED) is 0.826. The molecule has 3 rings (SSSR count). The van der Waals surface area contributed by atoms with Gasteiger partial charge in [0.1, 0.15) is 0 Å². The molecule has 6 heteroatoms. The van der Waals surface area contributed by atoms with Crippen molar-refractivity contribution in [3.05, 3.63) is 29.6 Å². The molecule has 2 saturated heterocycles. The number of nitrogens with zero attached hydrogens (tertiary/aromatic N) is 3. The van der Waals surface area contributed by atoms with E-state index < -0.39 is 0 Å². The maximum absolute atomic E-state index is 12.9. The molecule has 2 amide bonds. The summed E-state index contributed by atoms with van der Waals surface area (Å²) < 4.78 is 5.51. The van der Waals surface area contributed by atoms with E-state index in [1.807, 2.05) is 35.8 Å². The summed E-state index contributed by atoms with van der Waals surface area (Å²) in [6.07, 6.45) is 3.56. The van der Waals surface area contributed by atoms with Crippen molar-refractivity contribution in [1.29, 1.82) is 0 Å². The molecule has 0 atom stereocenters. The van der Waals surface area contributed by atoms with Crippen LogP contribution in [0.1, 0.15) is 42.2 Å². The molecule has 2 fully saturated rings. The van der Waals surface area contributed by atoms with Crippen LogP contribution in [0.2, 0.25) is 0 Å². The van der Waals surface area contributed by atoms with Gasteiger partial charge in [0.2, 0.25) is 5.91 Å². The van der Waals surface area contributed by atoms with Gasteiger partial charge in [0.25, 0.3) is 5.91 Å². The molecule has 0 N–H and O–H groups in total. The van der Waals surface area contributed by atoms with Crippen LogP contribution in [0.4, 0.5) is 0 Å². The summed E-state index contributed by atoms with van der Waals surface area (Å²) >= 11 is 0. The van der Waals surface area contributed by atoms with Gasteiger partial charge in [0.05, 0.1) is 11.1 Å². The van der Waals surface area contributed by atoms with E-state index in [2.05, 4.69) is 4.98 Å². The second-order valence-corrected chi connectivity index (χ2v) is 6.64. The SMILES string of the molecule is CCN1C(=O)CCN(C(=O)c2ccc(C)nc2)CC12CCOCC2. The highest BCUT2D eigenvalue weighted by Crippen LogP contribution is 2.32. The van der Waals surface area contributed by atoms with Crippen molar-refractivity contribution in [2.24, 2.45) is 0 Å². The van der Waals surface area contributed by atoms with Gasteiger partial charge in [-0.1, -0.05) is 0 Å². The molecule has 1 aromatic heterocycles. The fourth-order valence-corrected chi connectivity index (χ4v) is 3.79. The van der Waals surface area contributed by atoms with Crippen molar-refractivity contribution in [2.75, 3.05) is 32.8 Å². The second-order valence-electron chi connectivity index (χ2n) is 6.64. The van der Waals surface area contributed by atoms with Crippen molar-refractivity contribution >= 4 is 11.8 Å². The van der Waals surface area contributed by atoms with Crippen LogP contribution in [0, 0.1) is 6.92 Å². The number of amides is 2. The van der Waals surface area contributed by atoms with Crippen molar-refractivity contribution in [3.8, 4) is 0 Å². The van der Waals surface area contributed by atoms with Gasteiger partial charge >= 0.3 is 0 Å². The summed E-state index contributed by atoms with van der Waals surface area (Å²) in [5, 5.41) is 0. The number of aryl methyl sites for hydroxylation is 1. The number of carbonyl (C=O) groups is 2. The molecule has 130 valence electrons. The Bertz CT molecular complexity index is 608. The summed E-state index contributed by atoms with van der Waals surface area (Å²) in [5.74, 6) is 0.0934. The largest absolute Gasteiger partial charge is 0.381 e. The van der Waals surface area contributed by atoms with Gasteiger partial charge in [0.15, 0.2) is 0 Å². The Labute approximate surface area is 142 Å². The van der Waals surface area contributed by atoms with Crippen LogP contribution in [-0.2, 0) is 9.53 Å². The van der Waals surface area contributed by atoms with Crippen LogP contribution in [0.3, 0.4) is 0 Å². The molecular formula is C18H25N3O3. The first-order valence-electron chi connectivity index (χ1n) is 8.66. The fourth-order valence-electron chi connectivity index (χ4n) is 3.79. The Morgan fingerprint density at radius 1 is 1.33 bits per heavy atom. The molecule has 2 aliphatic heterocycles. The Morgan fingerprint density at radius 3 is 2.71 bits per heavy atom. The number of hydrogen-bond acceptors (Lipinski definition) is 4. The van der Waals surface area contributed by atoms with Gasteiger partial charge < -0.3 is 14.5 Å². The van der Waals surface area contributed by atoms with Crippen LogP contribution in [0.15, 0.2) is 18.3 Å². The zero-order valence-corrected chi connectivity index (χ0v) is 14.5. The molecule has 1 aromatic rings. The summed E-state index contributed by atoms with van der Waals surface area (Å²) in [6, 6.07) is 3.66. The summed E-state index contributed by atoms with van der Waals surface area (Å²) in [7, 11) is 0. The molecule has 24 heavy (non-hydrogen) atoms. The first-order chi connectivity index (χ1) is 11.6. The Balaban J connectivity index is 1.87. The Morgan fingerprint density at radius 2 is 2.08 bits per heavy atom. The maximum atomic E-state index is 12.9. The predicted octanol–water partition coefficient (Wildman–Crippen LogP) is 1.63. The van der Waals surface area contributed by atoms with E-state index in [1.54, 1.807) is 6.20 Å². The van der Waals surface area contributed by atoms with Crippen LogP contribution >= 0.6 is 0 Å². The average Bonchev–Trinajstić information content (AvgIpc) is 2.72. The van der Waals surface area contributed by atoms with Crippen molar-refractivity contribution in [2.45, 2.75) is 38.6 Å². The first kappa shape index (κ1) is 16.9. The molecule has 0 aromatic carbocycles. The zero-order chi connectivity index (χ0) is 17.2. The molecule has 0 bridgehead atoms. The summed E-state index contributed by atoms with van der Waals surface area (Å²) in [4.78, 5) is 33.5. The summed E-state index contributed by atoms with van der Waals surface area (Å²) in [6.45, 7) is 6.89. The lowest BCUT2D eigenvalue weighted by Gasteiger charge is -2.46. The minimum Gasteiger partial charge on any atom is -0.381 e. The highest BCUT2D eigenvalue weighted by Gasteiger charge is 2.44. The molecular weight excluding hydrogens is 306 g/mol. The lowest BCUT2D eigenvalue weighted by molar-refractivity contribution is -0.139. The molecule has 1 spiro atoms. The fraction of sp³-hybridized carbons (Fsp3) is 0.611. The van der Waals surface area contributed by atoms with E-state index >= 15 is 0 Å². The number of rotatable bonds is 2. The number of aromatic nitrogens is 1. The van der Waals surface area contributed by atoms with Gasteiger partial charge in [-0.25, -0.2) is 0 Å². The number of pyridine rings is 1. The maximum Gasteiger partial charge on any atom is 0.255 e. The van der Waals surface area contributed by atoms with E-state index in [1.165, 1.54) is 0 Å². The lowest BCUT2D eigenvalue weighted by Crippen LogP contribution is -2.58. The van der Waals surface area contributed by atoms with Crippen LogP contribution in [-0.4, -0.2) is 65.0 Å². The van der Waals surface area contributed by atoms with Crippen molar-refractivity contribution < 1.29 is 14.3 Å². The molecule has 6 nitrogen and oxygen atoms in total. The molecule has 0 aliphatic carbocycles. The number of ether oxygens (including phenoxy) is 1. The molecule has 3 heterocycles. The lowest BCUT2D eigenvalue weighted by atomic mass is 9.87. The summed E-state index contributed by atoms with van der Waals surface area (Å²) in [5.41, 5.74) is 1.17. The molecule has 0 radical (unpaired) electrons. The minimum absolute atomic E-state index is 0.0425. The molecule has 0 unspecified atom stereocenters. The van der Waals surface area contributed by atoms with E-state index in [0.29, 0.717) is 44.8 Å². The van der Waals surface area contributed by atoms with Crippen LogP contribution in [0.25, 0.3) is 0 Å². The highest BCUT2D eigenvalue weighted by atomic mass is 16.5. The second kappa shape index (κ2) is 6.89. The Hall–Kier alpha value is -1.95. The van der Waals surface area contributed by atoms with Gasteiger partial charge in [-0.05, 0) is 38.8 Å². The molecule has 0 saturated carbocycles. The van der Waals surface area contributed by atoms with E-state index in [4.69, 9.17) is 4.74 Å². The van der Waals surface area contributed by atoms with Gasteiger partial charge in [-0.2, -0.15) is 0 Å². The predicted molar refractivity (Wildman–Crippen MR) is 89.7 cm³/mol. The van der Waals surface area contributed by atoms with E-state index in [9.17, 15) is 9.59 Å². The van der Waals surface area contributed by atoms with Crippen LogP contribution in [0.5, 0.6) is 0 Å². The normalized spacial score (nSPS) is 21.0. The molecule has 2 aliphatic rings. The van der Waals surface area contributed by atoms with E-state index in [-0.39, 0.29) is 17.4 Å². The van der Waals surface area contributed by atoms with Crippen molar-refractivity contribution in [1.82, 2.24) is 14.8 Å². The highest BCUT2D eigenvalue weighted by molar-refractivity contribution is 5.94. The van der Waals surface area contributed by atoms with E-state index in [0.717, 1.165) is 18.5 Å². The van der Waals surface area contributed by atoms with Gasteiger partial charge in [-0.15, -0.1) is 0 Å². The number of carbonyl (C=O) groups excluding carboxylic acids is 2. The van der Waals surface area contributed by atoms with Crippen LogP contribution < -0.4 is 0 Å². The third kappa shape index (κ3) is 3.15. The third-order valence-corrected chi connectivity index (χ3v) is 5.14. The number of hydrogen-bond donors (Lipinski definition) is 0.